The number of esters is 1. The molecule has 4 aromatic rings. The molecule has 0 fully saturated rings. The van der Waals surface area contributed by atoms with E-state index in [1.807, 2.05) is 24.3 Å². The van der Waals surface area contributed by atoms with Gasteiger partial charge in [-0.1, -0.05) is 84.9 Å². The van der Waals surface area contributed by atoms with E-state index in [0.717, 1.165) is 0 Å². The van der Waals surface area contributed by atoms with Gasteiger partial charge in [-0.15, -0.1) is 0 Å². The normalized spacial score (nSPS) is 11.2. The van der Waals surface area contributed by atoms with Gasteiger partial charge in [0.15, 0.2) is 0 Å². The highest BCUT2D eigenvalue weighted by Gasteiger charge is 2.22. The molecule has 0 saturated carbocycles. The molecule has 0 aliphatic rings. The molecule has 0 amide bonds. The van der Waals surface area contributed by atoms with Gasteiger partial charge in [0, 0.05) is 0 Å². The zero-order chi connectivity index (χ0) is 18.6. The van der Waals surface area contributed by atoms with E-state index in [-0.39, 0.29) is 11.9 Å². The molecule has 0 atom stereocenters. The van der Waals surface area contributed by atoms with Gasteiger partial charge >= 0.3 is 5.97 Å². The van der Waals surface area contributed by atoms with Gasteiger partial charge in [0.25, 0.3) is 0 Å². The lowest BCUT2D eigenvalue weighted by atomic mass is 9.88. The summed E-state index contributed by atoms with van der Waals surface area (Å²) in [4.78, 5) is 12.6. The Balaban J connectivity index is 1.70. The number of fused-ring (bicyclic) bond motifs is 2. The van der Waals surface area contributed by atoms with Gasteiger partial charge in [0.05, 0.1) is 13.0 Å². The van der Waals surface area contributed by atoms with Crippen LogP contribution in [0.2, 0.25) is 0 Å². The van der Waals surface area contributed by atoms with Gasteiger partial charge in [-0.3, -0.25) is 4.79 Å². The Morgan fingerprint density at radius 3 is 1.63 bits per heavy atom. The van der Waals surface area contributed by atoms with E-state index < -0.39 is 0 Å². The van der Waals surface area contributed by atoms with Crippen LogP contribution >= 0.6 is 0 Å². The standard InChI is InChI=1S/C25H22O2/c1-27-25(26)22(16-20-12-6-10-18-8-2-4-14-23(18)20)17-21-13-7-11-19-9-3-5-15-24(19)21/h2-15,22H,16-17H2,1H3. The van der Waals surface area contributed by atoms with Crippen molar-refractivity contribution >= 4 is 27.5 Å². The lowest BCUT2D eigenvalue weighted by Gasteiger charge is -2.17. The van der Waals surface area contributed by atoms with Crippen molar-refractivity contribution in [1.29, 1.82) is 0 Å². The highest BCUT2D eigenvalue weighted by atomic mass is 16.5. The van der Waals surface area contributed by atoms with Crippen molar-refractivity contribution in [2.24, 2.45) is 5.92 Å². The van der Waals surface area contributed by atoms with Crippen LogP contribution in [0.15, 0.2) is 84.9 Å². The molecule has 0 unspecified atom stereocenters. The molecule has 0 spiro atoms. The number of carbonyl (C=O) groups excluding carboxylic acids is 1. The molecule has 0 aliphatic heterocycles. The fraction of sp³-hybridized carbons (Fsp3) is 0.160. The second kappa shape index (κ2) is 7.63. The van der Waals surface area contributed by atoms with Gasteiger partial charge in [0.1, 0.15) is 0 Å². The van der Waals surface area contributed by atoms with Crippen molar-refractivity contribution in [3.63, 3.8) is 0 Å². The predicted molar refractivity (Wildman–Crippen MR) is 111 cm³/mol. The third kappa shape index (κ3) is 3.56. The summed E-state index contributed by atoms with van der Waals surface area (Å²) in [7, 11) is 1.47. The second-order valence-electron chi connectivity index (χ2n) is 6.90. The van der Waals surface area contributed by atoms with E-state index in [9.17, 15) is 4.79 Å². The Kier molecular flexibility index (Phi) is 4.88. The summed E-state index contributed by atoms with van der Waals surface area (Å²) in [6.45, 7) is 0. The minimum atomic E-state index is -0.216. The zero-order valence-corrected chi connectivity index (χ0v) is 15.4. The van der Waals surface area contributed by atoms with E-state index in [1.165, 1.54) is 39.8 Å². The number of rotatable bonds is 5. The average molecular weight is 354 g/mol. The average Bonchev–Trinajstić information content (AvgIpc) is 2.73. The first-order valence-corrected chi connectivity index (χ1v) is 9.27. The first kappa shape index (κ1) is 17.3. The topological polar surface area (TPSA) is 26.3 Å². The van der Waals surface area contributed by atoms with Crippen molar-refractivity contribution in [2.45, 2.75) is 12.8 Å². The molecule has 2 heteroatoms. The monoisotopic (exact) mass is 354 g/mol. The Labute approximate surface area is 159 Å². The summed E-state index contributed by atoms with van der Waals surface area (Å²) < 4.78 is 5.14. The van der Waals surface area contributed by atoms with E-state index in [1.54, 1.807) is 0 Å². The summed E-state index contributed by atoms with van der Waals surface area (Å²) in [6.07, 6.45) is 1.33. The van der Waals surface area contributed by atoms with E-state index >= 15 is 0 Å². The minimum Gasteiger partial charge on any atom is -0.469 e. The van der Waals surface area contributed by atoms with Crippen LogP contribution in [-0.2, 0) is 22.4 Å². The van der Waals surface area contributed by atoms with Crippen LogP contribution < -0.4 is 0 Å². The molecule has 0 aromatic heterocycles. The molecule has 0 radical (unpaired) electrons. The highest BCUT2D eigenvalue weighted by molar-refractivity contribution is 5.88. The third-order valence-electron chi connectivity index (χ3n) is 5.23. The molecule has 0 heterocycles. The molecule has 0 N–H and O–H groups in total. The largest absolute Gasteiger partial charge is 0.469 e. The van der Waals surface area contributed by atoms with E-state index in [2.05, 4.69) is 60.7 Å². The Morgan fingerprint density at radius 2 is 1.15 bits per heavy atom. The van der Waals surface area contributed by atoms with Crippen molar-refractivity contribution in [2.75, 3.05) is 7.11 Å². The van der Waals surface area contributed by atoms with E-state index in [0.29, 0.717) is 12.8 Å². The van der Waals surface area contributed by atoms with Crippen LogP contribution in [0, 0.1) is 5.92 Å². The van der Waals surface area contributed by atoms with Crippen LogP contribution in [0.3, 0.4) is 0 Å². The van der Waals surface area contributed by atoms with E-state index in [4.69, 9.17) is 4.74 Å². The first-order valence-electron chi connectivity index (χ1n) is 9.27. The van der Waals surface area contributed by atoms with Crippen LogP contribution in [0.1, 0.15) is 11.1 Å². The van der Waals surface area contributed by atoms with Crippen LogP contribution in [0.4, 0.5) is 0 Å². The zero-order valence-electron chi connectivity index (χ0n) is 15.4. The summed E-state index contributed by atoms with van der Waals surface area (Å²) in [5, 5.41) is 4.80. The lowest BCUT2D eigenvalue weighted by molar-refractivity contribution is -0.145. The molecule has 0 bridgehead atoms. The van der Waals surface area contributed by atoms with Crippen LogP contribution in [0.5, 0.6) is 0 Å². The van der Waals surface area contributed by atoms with Gasteiger partial charge in [-0.2, -0.15) is 0 Å². The minimum absolute atomic E-state index is 0.157. The maximum Gasteiger partial charge on any atom is 0.309 e. The molecule has 4 aromatic carbocycles. The van der Waals surface area contributed by atoms with Crippen molar-refractivity contribution in [3.05, 3.63) is 96.1 Å². The molecule has 134 valence electrons. The Hall–Kier alpha value is -3.13. The summed E-state index contributed by atoms with van der Waals surface area (Å²) >= 11 is 0. The van der Waals surface area contributed by atoms with Gasteiger partial charge in [-0.05, 0) is 45.5 Å². The molecule has 0 saturated heterocycles. The Bertz CT molecular complexity index is 1010. The molecule has 4 rings (SSSR count). The number of hydrogen-bond donors (Lipinski definition) is 0. The van der Waals surface area contributed by atoms with Gasteiger partial charge < -0.3 is 4.74 Å². The second-order valence-corrected chi connectivity index (χ2v) is 6.90. The first-order chi connectivity index (χ1) is 13.3. The van der Waals surface area contributed by atoms with Crippen molar-refractivity contribution in [3.8, 4) is 0 Å². The smallest absolute Gasteiger partial charge is 0.309 e. The van der Waals surface area contributed by atoms with Crippen molar-refractivity contribution in [1.82, 2.24) is 0 Å². The number of hydrogen-bond acceptors (Lipinski definition) is 2. The highest BCUT2D eigenvalue weighted by Crippen LogP contribution is 2.26. The lowest BCUT2D eigenvalue weighted by Crippen LogP contribution is -2.21. The fourth-order valence-electron chi connectivity index (χ4n) is 3.88. The SMILES string of the molecule is COC(=O)C(Cc1cccc2ccccc12)Cc1cccc2ccccc12. The molecular weight excluding hydrogens is 332 g/mol. The molecule has 27 heavy (non-hydrogen) atoms. The summed E-state index contributed by atoms with van der Waals surface area (Å²) in [6, 6.07) is 29.2. The molecule has 2 nitrogen and oxygen atoms in total. The maximum atomic E-state index is 12.6. The molecule has 0 aliphatic carbocycles. The quantitative estimate of drug-likeness (QED) is 0.438. The number of carbonyl (C=O) groups is 1. The van der Waals surface area contributed by atoms with Gasteiger partial charge in [-0.25, -0.2) is 0 Å². The number of methoxy groups -OCH3 is 1. The molecular formula is C25H22O2. The van der Waals surface area contributed by atoms with Crippen molar-refractivity contribution < 1.29 is 9.53 Å². The maximum absolute atomic E-state index is 12.6. The van der Waals surface area contributed by atoms with Crippen LogP contribution in [-0.4, -0.2) is 13.1 Å². The Morgan fingerprint density at radius 1 is 0.704 bits per heavy atom. The number of ether oxygens (including phenoxy) is 1. The summed E-state index contributed by atoms with van der Waals surface area (Å²) in [5.41, 5.74) is 2.37. The van der Waals surface area contributed by atoms with Gasteiger partial charge in [0.2, 0.25) is 0 Å². The third-order valence-corrected chi connectivity index (χ3v) is 5.23. The fourth-order valence-corrected chi connectivity index (χ4v) is 3.88. The number of benzene rings is 4. The van der Waals surface area contributed by atoms with Crippen LogP contribution in [0.25, 0.3) is 21.5 Å². The summed E-state index contributed by atoms with van der Waals surface area (Å²) in [5.74, 6) is -0.373. The predicted octanol–water partition coefficient (Wildman–Crippen LogP) is 5.57.